The van der Waals surface area contributed by atoms with Crippen LogP contribution in [0.25, 0.3) is 0 Å². The Morgan fingerprint density at radius 2 is 2.10 bits per heavy atom. The fraction of sp³-hybridized carbons (Fsp3) is 0.133. The fourth-order valence-electron chi connectivity index (χ4n) is 1.90. The van der Waals surface area contributed by atoms with Crippen molar-refractivity contribution in [1.29, 1.82) is 0 Å². The van der Waals surface area contributed by atoms with E-state index in [-0.39, 0.29) is 18.0 Å². The lowest BCUT2D eigenvalue weighted by molar-refractivity contribution is 0.0783. The van der Waals surface area contributed by atoms with Crippen molar-refractivity contribution >= 4 is 39.1 Å². The lowest BCUT2D eigenvalue weighted by atomic mass is 10.1. The molecule has 1 amide bonds. The number of hydrogen-bond donors (Lipinski definition) is 1. The summed E-state index contributed by atoms with van der Waals surface area (Å²) in [7, 11) is 1.58. The Balaban J connectivity index is 2.26. The normalized spacial score (nSPS) is 10.5. The molecule has 0 heterocycles. The molecule has 0 saturated carbocycles. The molecular formula is C15H13BrClFN2O. The fourth-order valence-corrected chi connectivity index (χ4v) is 2.54. The first-order valence-corrected chi connectivity index (χ1v) is 7.30. The monoisotopic (exact) mass is 370 g/mol. The SMILES string of the molecule is CN(Cc1c(F)cccc1Cl)C(=O)c1cc(N)ccc1Br. The highest BCUT2D eigenvalue weighted by molar-refractivity contribution is 9.10. The Hall–Kier alpha value is -1.59. The van der Waals surface area contributed by atoms with Crippen molar-refractivity contribution in [3.8, 4) is 0 Å². The second-order valence-electron chi connectivity index (χ2n) is 4.60. The molecule has 0 bridgehead atoms. The first kappa shape index (κ1) is 15.8. The highest BCUT2D eigenvalue weighted by Gasteiger charge is 2.18. The van der Waals surface area contributed by atoms with E-state index in [2.05, 4.69) is 15.9 Å². The van der Waals surface area contributed by atoms with Gasteiger partial charge in [-0.2, -0.15) is 0 Å². The second-order valence-corrected chi connectivity index (χ2v) is 5.86. The lowest BCUT2D eigenvalue weighted by Crippen LogP contribution is -2.27. The summed E-state index contributed by atoms with van der Waals surface area (Å²) in [5.41, 5.74) is 6.89. The summed E-state index contributed by atoms with van der Waals surface area (Å²) in [6.45, 7) is 0.0750. The average molecular weight is 372 g/mol. The van der Waals surface area contributed by atoms with E-state index in [0.29, 0.717) is 20.7 Å². The summed E-state index contributed by atoms with van der Waals surface area (Å²) < 4.78 is 14.4. The zero-order valence-electron chi connectivity index (χ0n) is 11.2. The van der Waals surface area contributed by atoms with Crippen LogP contribution in [-0.4, -0.2) is 17.9 Å². The van der Waals surface area contributed by atoms with Gasteiger partial charge in [0.25, 0.3) is 5.91 Å². The number of nitrogens with zero attached hydrogens (tertiary/aromatic N) is 1. The summed E-state index contributed by atoms with van der Waals surface area (Å²) >= 11 is 9.28. The molecule has 2 aromatic rings. The average Bonchev–Trinajstić information content (AvgIpc) is 2.44. The largest absolute Gasteiger partial charge is 0.399 e. The number of nitrogens with two attached hydrogens (primary N) is 1. The van der Waals surface area contributed by atoms with Crippen molar-refractivity contribution in [3.05, 3.63) is 62.8 Å². The summed E-state index contributed by atoms with van der Waals surface area (Å²) in [6.07, 6.45) is 0. The third-order valence-corrected chi connectivity index (χ3v) is 4.07. The van der Waals surface area contributed by atoms with E-state index >= 15 is 0 Å². The molecule has 110 valence electrons. The van der Waals surface area contributed by atoms with Gasteiger partial charge in [0.2, 0.25) is 0 Å². The van der Waals surface area contributed by atoms with E-state index in [4.69, 9.17) is 17.3 Å². The van der Waals surface area contributed by atoms with Crippen molar-refractivity contribution in [2.24, 2.45) is 0 Å². The summed E-state index contributed by atoms with van der Waals surface area (Å²) in [4.78, 5) is 13.8. The lowest BCUT2D eigenvalue weighted by Gasteiger charge is -2.19. The molecule has 3 nitrogen and oxygen atoms in total. The van der Waals surface area contributed by atoms with Crippen LogP contribution in [-0.2, 0) is 6.54 Å². The minimum absolute atomic E-state index is 0.0750. The molecule has 0 aliphatic heterocycles. The van der Waals surface area contributed by atoms with Gasteiger partial charge >= 0.3 is 0 Å². The summed E-state index contributed by atoms with van der Waals surface area (Å²) in [5, 5.41) is 0.293. The molecule has 2 N–H and O–H groups in total. The number of amides is 1. The predicted octanol–water partition coefficient (Wildman–Crippen LogP) is 4.10. The number of nitrogen functional groups attached to an aromatic ring is 1. The maximum absolute atomic E-state index is 13.8. The van der Waals surface area contributed by atoms with Gasteiger partial charge in [0.15, 0.2) is 0 Å². The van der Waals surface area contributed by atoms with Crippen LogP contribution >= 0.6 is 27.5 Å². The standard InChI is InChI=1S/C15H13BrClFN2O/c1-20(8-11-13(17)3-2-4-14(11)18)15(21)10-7-9(19)5-6-12(10)16/h2-7H,8,19H2,1H3. The van der Waals surface area contributed by atoms with Crippen LogP contribution in [0.5, 0.6) is 0 Å². The van der Waals surface area contributed by atoms with E-state index < -0.39 is 5.82 Å². The minimum atomic E-state index is -0.436. The molecule has 6 heteroatoms. The zero-order chi connectivity index (χ0) is 15.6. The third kappa shape index (κ3) is 3.54. The molecule has 0 unspecified atom stereocenters. The first-order valence-electron chi connectivity index (χ1n) is 6.13. The maximum Gasteiger partial charge on any atom is 0.255 e. The van der Waals surface area contributed by atoms with E-state index in [1.165, 1.54) is 17.0 Å². The van der Waals surface area contributed by atoms with Gasteiger partial charge in [0, 0.05) is 34.3 Å². The van der Waals surface area contributed by atoms with Crippen molar-refractivity contribution in [3.63, 3.8) is 0 Å². The number of halogens is 3. The van der Waals surface area contributed by atoms with E-state index in [1.54, 1.807) is 31.3 Å². The molecule has 0 spiro atoms. The molecule has 0 aromatic heterocycles. The Kier molecular flexibility index (Phi) is 4.85. The Morgan fingerprint density at radius 3 is 2.76 bits per heavy atom. The van der Waals surface area contributed by atoms with Gasteiger partial charge in [-0.1, -0.05) is 17.7 Å². The molecular weight excluding hydrogens is 359 g/mol. The molecule has 0 radical (unpaired) electrons. The third-order valence-electron chi connectivity index (χ3n) is 3.02. The number of rotatable bonds is 3. The first-order chi connectivity index (χ1) is 9.90. The van der Waals surface area contributed by atoms with E-state index in [1.807, 2.05) is 0 Å². The van der Waals surface area contributed by atoms with Gasteiger partial charge in [-0.05, 0) is 46.3 Å². The number of anilines is 1. The Bertz CT molecular complexity index is 673. The van der Waals surface area contributed by atoms with Crippen molar-refractivity contribution < 1.29 is 9.18 Å². The van der Waals surface area contributed by atoms with Crippen molar-refractivity contribution in [2.75, 3.05) is 12.8 Å². The quantitative estimate of drug-likeness (QED) is 0.826. The van der Waals surface area contributed by atoms with Gasteiger partial charge < -0.3 is 10.6 Å². The summed E-state index contributed by atoms with van der Waals surface area (Å²) in [5.74, 6) is -0.706. The highest BCUT2D eigenvalue weighted by Crippen LogP contribution is 2.24. The highest BCUT2D eigenvalue weighted by atomic mass is 79.9. The molecule has 2 rings (SSSR count). The topological polar surface area (TPSA) is 46.3 Å². The van der Waals surface area contributed by atoms with Crippen LogP contribution in [0.15, 0.2) is 40.9 Å². The number of carbonyl (C=O) groups excluding carboxylic acids is 1. The molecule has 0 saturated heterocycles. The second kappa shape index (κ2) is 6.45. The van der Waals surface area contributed by atoms with Crippen LogP contribution in [0.3, 0.4) is 0 Å². The molecule has 0 aliphatic carbocycles. The van der Waals surface area contributed by atoms with Gasteiger partial charge in [-0.3, -0.25) is 4.79 Å². The van der Waals surface area contributed by atoms with Crippen LogP contribution in [0, 0.1) is 5.82 Å². The number of hydrogen-bond acceptors (Lipinski definition) is 2. The van der Waals surface area contributed by atoms with Gasteiger partial charge in [0.05, 0.1) is 5.56 Å². The van der Waals surface area contributed by atoms with Crippen molar-refractivity contribution in [1.82, 2.24) is 4.90 Å². The van der Waals surface area contributed by atoms with Crippen LogP contribution < -0.4 is 5.73 Å². The van der Waals surface area contributed by atoms with Gasteiger partial charge in [-0.15, -0.1) is 0 Å². The Morgan fingerprint density at radius 1 is 1.38 bits per heavy atom. The molecule has 0 atom stereocenters. The van der Waals surface area contributed by atoms with Crippen LogP contribution in [0.2, 0.25) is 5.02 Å². The van der Waals surface area contributed by atoms with Crippen molar-refractivity contribution in [2.45, 2.75) is 6.54 Å². The number of benzene rings is 2. The molecule has 0 fully saturated rings. The smallest absolute Gasteiger partial charge is 0.255 e. The predicted molar refractivity (Wildman–Crippen MR) is 85.8 cm³/mol. The van der Waals surface area contributed by atoms with E-state index in [0.717, 1.165) is 0 Å². The zero-order valence-corrected chi connectivity index (χ0v) is 13.6. The van der Waals surface area contributed by atoms with Gasteiger partial charge in [0.1, 0.15) is 5.82 Å². The van der Waals surface area contributed by atoms with Crippen LogP contribution in [0.4, 0.5) is 10.1 Å². The number of carbonyl (C=O) groups is 1. The molecule has 2 aromatic carbocycles. The van der Waals surface area contributed by atoms with E-state index in [9.17, 15) is 9.18 Å². The maximum atomic E-state index is 13.8. The molecule has 21 heavy (non-hydrogen) atoms. The minimum Gasteiger partial charge on any atom is -0.399 e. The molecule has 0 aliphatic rings. The van der Waals surface area contributed by atoms with Gasteiger partial charge in [-0.25, -0.2) is 4.39 Å². The van der Waals surface area contributed by atoms with Crippen LogP contribution in [0.1, 0.15) is 15.9 Å². The summed E-state index contributed by atoms with van der Waals surface area (Å²) in [6, 6.07) is 9.40. The Labute approximate surface area is 135 Å².